The van der Waals surface area contributed by atoms with Crippen molar-refractivity contribution in [1.29, 1.82) is 0 Å². The Kier molecular flexibility index (Phi) is 5.05. The highest BCUT2D eigenvalue weighted by atomic mass is 16.2. The summed E-state index contributed by atoms with van der Waals surface area (Å²) >= 11 is 0. The summed E-state index contributed by atoms with van der Waals surface area (Å²) in [5.74, 6) is 0.655. The quantitative estimate of drug-likeness (QED) is 0.599. The molecule has 1 saturated carbocycles. The zero-order valence-electron chi connectivity index (χ0n) is 18.0. The van der Waals surface area contributed by atoms with Gasteiger partial charge in [-0.15, -0.1) is 0 Å². The molecule has 1 amide bonds. The SMILES string of the molecule is CCC1CCCCN1C(=O)c1cc(C2CC2)nc2c1c(C)nn2Cc1ccccc1. The molecule has 3 heterocycles. The molecule has 5 heteroatoms. The lowest BCUT2D eigenvalue weighted by atomic mass is 9.97. The number of piperidine rings is 1. The number of hydrogen-bond donors (Lipinski definition) is 0. The van der Waals surface area contributed by atoms with Crippen LogP contribution in [0.1, 0.15) is 78.7 Å². The summed E-state index contributed by atoms with van der Waals surface area (Å²) in [6.45, 7) is 5.72. The van der Waals surface area contributed by atoms with Gasteiger partial charge in [0.05, 0.1) is 23.2 Å². The van der Waals surface area contributed by atoms with Crippen molar-refractivity contribution in [1.82, 2.24) is 19.7 Å². The Labute approximate surface area is 178 Å². The number of pyridine rings is 1. The second-order valence-corrected chi connectivity index (χ2v) is 8.85. The van der Waals surface area contributed by atoms with E-state index in [1.807, 2.05) is 29.8 Å². The highest BCUT2D eigenvalue weighted by molar-refractivity contribution is 6.06. The molecule has 1 atom stereocenters. The van der Waals surface area contributed by atoms with Gasteiger partial charge in [-0.3, -0.25) is 4.79 Å². The van der Waals surface area contributed by atoms with Gasteiger partial charge in [0.1, 0.15) is 0 Å². The van der Waals surface area contributed by atoms with Crippen molar-refractivity contribution in [3.05, 3.63) is 58.9 Å². The fraction of sp³-hybridized carbons (Fsp3) is 0.480. The van der Waals surface area contributed by atoms with Crippen molar-refractivity contribution in [2.45, 2.75) is 70.9 Å². The smallest absolute Gasteiger partial charge is 0.254 e. The maximum atomic E-state index is 13.8. The molecule has 3 aromatic rings. The van der Waals surface area contributed by atoms with Crippen LogP contribution in [0.2, 0.25) is 0 Å². The van der Waals surface area contributed by atoms with E-state index in [9.17, 15) is 4.79 Å². The van der Waals surface area contributed by atoms with Crippen molar-refractivity contribution < 1.29 is 4.79 Å². The minimum absolute atomic E-state index is 0.165. The van der Waals surface area contributed by atoms with Gasteiger partial charge in [-0.25, -0.2) is 9.67 Å². The molecule has 2 aliphatic rings. The third-order valence-corrected chi connectivity index (χ3v) is 6.66. The van der Waals surface area contributed by atoms with Crippen LogP contribution in [0.3, 0.4) is 0 Å². The van der Waals surface area contributed by atoms with E-state index in [0.717, 1.165) is 53.8 Å². The topological polar surface area (TPSA) is 51.0 Å². The summed E-state index contributed by atoms with van der Waals surface area (Å²) in [7, 11) is 0. The normalized spacial score (nSPS) is 19.4. The fourth-order valence-corrected chi connectivity index (χ4v) is 4.84. The summed E-state index contributed by atoms with van der Waals surface area (Å²) in [6.07, 6.45) is 6.77. The third kappa shape index (κ3) is 3.51. The molecule has 1 aliphatic heterocycles. The number of amides is 1. The highest BCUT2D eigenvalue weighted by Crippen LogP contribution is 2.41. The third-order valence-electron chi connectivity index (χ3n) is 6.66. The van der Waals surface area contributed by atoms with Gasteiger partial charge in [0.15, 0.2) is 5.65 Å². The van der Waals surface area contributed by atoms with Crippen molar-refractivity contribution in [3.8, 4) is 0 Å². The molecule has 5 nitrogen and oxygen atoms in total. The van der Waals surface area contributed by atoms with Crippen molar-refractivity contribution >= 4 is 16.9 Å². The lowest BCUT2D eigenvalue weighted by Crippen LogP contribution is -2.43. The van der Waals surface area contributed by atoms with Crippen LogP contribution in [-0.4, -0.2) is 38.2 Å². The van der Waals surface area contributed by atoms with E-state index < -0.39 is 0 Å². The zero-order chi connectivity index (χ0) is 20.7. The molecule has 0 bridgehead atoms. The van der Waals surface area contributed by atoms with Crippen LogP contribution in [0.4, 0.5) is 0 Å². The van der Waals surface area contributed by atoms with Gasteiger partial charge in [0.25, 0.3) is 5.91 Å². The molecule has 2 fully saturated rings. The largest absolute Gasteiger partial charge is 0.336 e. The van der Waals surface area contributed by atoms with Crippen LogP contribution < -0.4 is 0 Å². The average Bonchev–Trinajstić information content (AvgIpc) is 3.59. The molecule has 156 valence electrons. The predicted molar refractivity (Wildman–Crippen MR) is 119 cm³/mol. The van der Waals surface area contributed by atoms with Crippen LogP contribution in [0.15, 0.2) is 36.4 Å². The summed E-state index contributed by atoms with van der Waals surface area (Å²) in [5.41, 5.74) is 4.80. The van der Waals surface area contributed by atoms with Gasteiger partial charge in [0.2, 0.25) is 0 Å². The molecule has 1 unspecified atom stereocenters. The number of rotatable bonds is 5. The number of aromatic nitrogens is 3. The number of benzene rings is 1. The summed E-state index contributed by atoms with van der Waals surface area (Å²) < 4.78 is 1.98. The minimum Gasteiger partial charge on any atom is -0.336 e. The zero-order valence-corrected chi connectivity index (χ0v) is 18.0. The lowest BCUT2D eigenvalue weighted by molar-refractivity contribution is 0.0610. The first-order chi connectivity index (χ1) is 14.7. The lowest BCUT2D eigenvalue weighted by Gasteiger charge is -2.35. The van der Waals surface area contributed by atoms with E-state index in [4.69, 9.17) is 10.1 Å². The van der Waals surface area contributed by atoms with Crippen LogP contribution in [0.25, 0.3) is 11.0 Å². The Morgan fingerprint density at radius 2 is 1.93 bits per heavy atom. The first-order valence-corrected chi connectivity index (χ1v) is 11.4. The molecule has 30 heavy (non-hydrogen) atoms. The fourth-order valence-electron chi connectivity index (χ4n) is 4.84. The summed E-state index contributed by atoms with van der Waals surface area (Å²) in [5, 5.41) is 5.75. The summed E-state index contributed by atoms with van der Waals surface area (Å²) in [6, 6.07) is 12.8. The van der Waals surface area contributed by atoms with Crippen molar-refractivity contribution in [2.75, 3.05) is 6.54 Å². The van der Waals surface area contributed by atoms with E-state index in [-0.39, 0.29) is 5.91 Å². The molecule has 0 spiro atoms. The van der Waals surface area contributed by atoms with E-state index in [0.29, 0.717) is 18.5 Å². The van der Waals surface area contributed by atoms with Crippen molar-refractivity contribution in [2.24, 2.45) is 0 Å². The average molecular weight is 403 g/mol. The van der Waals surface area contributed by atoms with Crippen LogP contribution in [0, 0.1) is 6.92 Å². The Bertz CT molecular complexity index is 1070. The van der Waals surface area contributed by atoms with E-state index in [2.05, 4.69) is 30.0 Å². The second-order valence-electron chi connectivity index (χ2n) is 8.85. The van der Waals surface area contributed by atoms with Gasteiger partial charge < -0.3 is 4.90 Å². The standard InChI is InChI=1S/C25H30N4O/c1-3-20-11-7-8-14-28(20)25(30)21-15-22(19-12-13-19)26-24-23(21)17(2)27-29(24)16-18-9-5-4-6-10-18/h4-6,9-10,15,19-20H,3,7-8,11-14,16H2,1-2H3. The minimum atomic E-state index is 0.165. The predicted octanol–water partition coefficient (Wildman–Crippen LogP) is 5.07. The molecular weight excluding hydrogens is 372 g/mol. The maximum Gasteiger partial charge on any atom is 0.254 e. The number of hydrogen-bond acceptors (Lipinski definition) is 3. The molecule has 1 aliphatic carbocycles. The van der Waals surface area contributed by atoms with Crippen LogP contribution in [0.5, 0.6) is 0 Å². The van der Waals surface area contributed by atoms with Gasteiger partial charge in [-0.1, -0.05) is 37.3 Å². The Morgan fingerprint density at radius 1 is 1.13 bits per heavy atom. The highest BCUT2D eigenvalue weighted by Gasteiger charge is 2.32. The number of carbonyl (C=O) groups is 1. The molecular formula is C25H30N4O. The Balaban J connectivity index is 1.61. The Hall–Kier alpha value is -2.69. The van der Waals surface area contributed by atoms with Gasteiger partial charge in [-0.05, 0) is 57.1 Å². The monoisotopic (exact) mass is 402 g/mol. The first-order valence-electron chi connectivity index (χ1n) is 11.4. The number of nitrogens with zero attached hydrogens (tertiary/aromatic N) is 4. The molecule has 1 saturated heterocycles. The van der Waals surface area contributed by atoms with Crippen molar-refractivity contribution in [3.63, 3.8) is 0 Å². The number of fused-ring (bicyclic) bond motifs is 1. The molecule has 1 aromatic carbocycles. The molecule has 2 aromatic heterocycles. The van der Waals surface area contributed by atoms with Crippen LogP contribution in [-0.2, 0) is 6.54 Å². The van der Waals surface area contributed by atoms with Gasteiger partial charge >= 0.3 is 0 Å². The molecule has 0 radical (unpaired) electrons. The van der Waals surface area contributed by atoms with E-state index in [1.165, 1.54) is 24.8 Å². The number of carbonyl (C=O) groups excluding carboxylic acids is 1. The number of aryl methyl sites for hydroxylation is 1. The number of likely N-dealkylation sites (tertiary alicyclic amines) is 1. The van der Waals surface area contributed by atoms with Crippen LogP contribution >= 0.6 is 0 Å². The second kappa shape index (κ2) is 7.86. The van der Waals surface area contributed by atoms with E-state index >= 15 is 0 Å². The van der Waals surface area contributed by atoms with Gasteiger partial charge in [0, 0.05) is 24.2 Å². The van der Waals surface area contributed by atoms with Gasteiger partial charge in [-0.2, -0.15) is 5.10 Å². The molecule has 0 N–H and O–H groups in total. The molecule has 5 rings (SSSR count). The first kappa shape index (κ1) is 19.3. The maximum absolute atomic E-state index is 13.8. The van der Waals surface area contributed by atoms with E-state index in [1.54, 1.807) is 0 Å². The Morgan fingerprint density at radius 3 is 2.67 bits per heavy atom. The summed E-state index contributed by atoms with van der Waals surface area (Å²) in [4.78, 5) is 20.9.